The van der Waals surface area contributed by atoms with Gasteiger partial charge in [-0.25, -0.2) is 8.78 Å². The first-order chi connectivity index (χ1) is 11.4. The van der Waals surface area contributed by atoms with E-state index in [9.17, 15) is 8.78 Å². The Morgan fingerprint density at radius 1 is 0.792 bits per heavy atom. The Morgan fingerprint density at radius 3 is 2.12 bits per heavy atom. The third-order valence-corrected chi connectivity index (χ3v) is 4.34. The number of aryl methyl sites for hydroxylation is 1. The summed E-state index contributed by atoms with van der Waals surface area (Å²) in [6.45, 7) is 1.68. The van der Waals surface area contributed by atoms with Crippen LogP contribution in [0.2, 0.25) is 15.2 Å². The minimum Gasteiger partial charge on any atom is -0.206 e. The molecule has 3 rings (SSSR count). The van der Waals surface area contributed by atoms with Crippen molar-refractivity contribution in [3.8, 4) is 22.3 Å². The molecule has 7 heteroatoms. The van der Waals surface area contributed by atoms with Gasteiger partial charge in [-0.15, -0.1) is 5.10 Å². The molecule has 122 valence electrons. The van der Waals surface area contributed by atoms with Gasteiger partial charge in [0, 0.05) is 16.1 Å². The van der Waals surface area contributed by atoms with Gasteiger partial charge in [-0.2, -0.15) is 5.10 Å². The highest BCUT2D eigenvalue weighted by Gasteiger charge is 2.24. The summed E-state index contributed by atoms with van der Waals surface area (Å²) in [5.41, 5.74) is 1.35. The van der Waals surface area contributed by atoms with Crippen LogP contribution >= 0.6 is 34.8 Å². The molecule has 0 saturated carbocycles. The summed E-state index contributed by atoms with van der Waals surface area (Å²) in [6.07, 6.45) is 0. The van der Waals surface area contributed by atoms with E-state index in [-0.39, 0.29) is 21.3 Å². The van der Waals surface area contributed by atoms with Gasteiger partial charge in [0.05, 0.1) is 16.3 Å². The highest BCUT2D eigenvalue weighted by molar-refractivity contribution is 6.33. The van der Waals surface area contributed by atoms with Crippen molar-refractivity contribution < 1.29 is 8.78 Å². The highest BCUT2D eigenvalue weighted by atomic mass is 35.5. The molecule has 0 amide bonds. The van der Waals surface area contributed by atoms with E-state index in [0.29, 0.717) is 21.8 Å². The van der Waals surface area contributed by atoms with E-state index in [0.717, 1.165) is 12.1 Å². The predicted octanol–water partition coefficient (Wildman–Crippen LogP) is 6.36. The summed E-state index contributed by atoms with van der Waals surface area (Å²) in [5.74, 6) is -1.69. The Bertz CT molecular complexity index is 928. The summed E-state index contributed by atoms with van der Waals surface area (Å²) in [4.78, 5) is 0. The van der Waals surface area contributed by atoms with E-state index >= 15 is 0 Å². The minimum atomic E-state index is -0.902. The van der Waals surface area contributed by atoms with Crippen molar-refractivity contribution in [2.24, 2.45) is 0 Å². The van der Waals surface area contributed by atoms with E-state index in [2.05, 4.69) is 10.2 Å². The van der Waals surface area contributed by atoms with Gasteiger partial charge in [0.1, 0.15) is 5.82 Å². The lowest BCUT2D eigenvalue weighted by Crippen LogP contribution is -2.01. The summed E-state index contributed by atoms with van der Waals surface area (Å²) in [5, 5.41) is 7.94. The molecule has 0 aliphatic carbocycles. The first-order valence-corrected chi connectivity index (χ1v) is 7.96. The number of halogens is 5. The van der Waals surface area contributed by atoms with Crippen LogP contribution < -0.4 is 0 Å². The van der Waals surface area contributed by atoms with Gasteiger partial charge < -0.3 is 0 Å². The quantitative estimate of drug-likeness (QED) is 0.480. The van der Waals surface area contributed by atoms with Crippen LogP contribution in [-0.4, -0.2) is 10.2 Å². The molecule has 0 bridgehead atoms. The van der Waals surface area contributed by atoms with Gasteiger partial charge in [0.15, 0.2) is 11.0 Å². The Hall–Kier alpha value is -1.75. The lowest BCUT2D eigenvalue weighted by molar-refractivity contribution is 0.589. The molecule has 0 saturated heterocycles. The average molecular weight is 386 g/mol. The topological polar surface area (TPSA) is 25.8 Å². The van der Waals surface area contributed by atoms with Crippen LogP contribution in [0.15, 0.2) is 36.4 Å². The molecule has 0 spiro atoms. The van der Waals surface area contributed by atoms with Crippen molar-refractivity contribution in [3.63, 3.8) is 0 Å². The van der Waals surface area contributed by atoms with Crippen LogP contribution in [0, 0.1) is 18.6 Å². The zero-order valence-corrected chi connectivity index (χ0v) is 14.5. The van der Waals surface area contributed by atoms with E-state index in [1.807, 2.05) is 0 Å². The maximum atomic E-state index is 14.5. The van der Waals surface area contributed by atoms with Gasteiger partial charge in [0.2, 0.25) is 0 Å². The zero-order valence-electron chi connectivity index (χ0n) is 12.2. The number of benzene rings is 2. The van der Waals surface area contributed by atoms with Crippen molar-refractivity contribution in [1.29, 1.82) is 0 Å². The van der Waals surface area contributed by atoms with Crippen LogP contribution in [0.5, 0.6) is 0 Å². The Labute approximate surface area is 152 Å². The third-order valence-electron chi connectivity index (χ3n) is 3.53. The van der Waals surface area contributed by atoms with Gasteiger partial charge in [0.25, 0.3) is 0 Å². The summed E-state index contributed by atoms with van der Waals surface area (Å²) in [6, 6.07) is 8.99. The molecule has 3 aromatic rings. The van der Waals surface area contributed by atoms with Crippen LogP contribution in [0.1, 0.15) is 5.69 Å². The maximum Gasteiger partial charge on any atom is 0.160 e. The second-order valence-electron chi connectivity index (χ2n) is 5.05. The van der Waals surface area contributed by atoms with Crippen molar-refractivity contribution in [1.82, 2.24) is 10.2 Å². The molecule has 0 aliphatic heterocycles. The van der Waals surface area contributed by atoms with Crippen LogP contribution in [0.3, 0.4) is 0 Å². The molecule has 0 aliphatic rings. The molecule has 0 unspecified atom stereocenters. The normalized spacial score (nSPS) is 10.9. The first-order valence-electron chi connectivity index (χ1n) is 6.82. The summed E-state index contributed by atoms with van der Waals surface area (Å²) >= 11 is 17.9. The van der Waals surface area contributed by atoms with Crippen LogP contribution in [0.25, 0.3) is 22.3 Å². The van der Waals surface area contributed by atoms with Gasteiger partial charge in [-0.3, -0.25) is 0 Å². The Balaban J connectivity index is 2.40. The Kier molecular flexibility index (Phi) is 4.72. The standard InChI is InChI=1S/C17H9Cl3F2N2/c1-8-13(9-2-4-10(18)5-3-9)15(17(20)24-23-8)14-12(21)7-6-11(19)16(14)22/h2-7H,1H3. The summed E-state index contributed by atoms with van der Waals surface area (Å²) < 4.78 is 28.9. The smallest absolute Gasteiger partial charge is 0.160 e. The number of hydrogen-bond donors (Lipinski definition) is 0. The van der Waals surface area contributed by atoms with E-state index in [1.54, 1.807) is 31.2 Å². The monoisotopic (exact) mass is 384 g/mol. The Morgan fingerprint density at radius 2 is 1.46 bits per heavy atom. The number of aromatic nitrogens is 2. The molecule has 0 radical (unpaired) electrons. The molecule has 0 fully saturated rings. The van der Waals surface area contributed by atoms with Crippen LogP contribution in [-0.2, 0) is 0 Å². The molecule has 0 N–H and O–H groups in total. The van der Waals surface area contributed by atoms with Crippen molar-refractivity contribution in [2.45, 2.75) is 6.92 Å². The second kappa shape index (κ2) is 6.63. The molecule has 2 nitrogen and oxygen atoms in total. The molecule has 1 aromatic heterocycles. The van der Waals surface area contributed by atoms with E-state index in [1.165, 1.54) is 0 Å². The highest BCUT2D eigenvalue weighted by Crippen LogP contribution is 2.41. The predicted molar refractivity (Wildman–Crippen MR) is 92.6 cm³/mol. The fraction of sp³-hybridized carbons (Fsp3) is 0.0588. The molecule has 24 heavy (non-hydrogen) atoms. The maximum absolute atomic E-state index is 14.5. The number of hydrogen-bond acceptors (Lipinski definition) is 2. The van der Waals surface area contributed by atoms with E-state index < -0.39 is 11.6 Å². The van der Waals surface area contributed by atoms with Gasteiger partial charge in [-0.05, 0) is 36.8 Å². The first kappa shape index (κ1) is 17.1. The molecule has 1 heterocycles. The molecule has 0 atom stereocenters. The fourth-order valence-electron chi connectivity index (χ4n) is 2.46. The number of nitrogens with zero attached hydrogens (tertiary/aromatic N) is 2. The lowest BCUT2D eigenvalue weighted by atomic mass is 9.94. The van der Waals surface area contributed by atoms with Crippen molar-refractivity contribution in [3.05, 3.63) is 68.9 Å². The number of rotatable bonds is 2. The fourth-order valence-corrected chi connectivity index (χ4v) is 2.97. The van der Waals surface area contributed by atoms with E-state index in [4.69, 9.17) is 34.8 Å². The van der Waals surface area contributed by atoms with Gasteiger partial charge >= 0.3 is 0 Å². The SMILES string of the molecule is Cc1nnc(Cl)c(-c2c(F)ccc(Cl)c2F)c1-c1ccc(Cl)cc1. The third kappa shape index (κ3) is 2.97. The summed E-state index contributed by atoms with van der Waals surface area (Å²) in [7, 11) is 0. The minimum absolute atomic E-state index is 0.101. The lowest BCUT2D eigenvalue weighted by Gasteiger charge is -2.15. The second-order valence-corrected chi connectivity index (χ2v) is 6.25. The zero-order chi connectivity index (χ0) is 17.4. The van der Waals surface area contributed by atoms with Crippen molar-refractivity contribution in [2.75, 3.05) is 0 Å². The van der Waals surface area contributed by atoms with Gasteiger partial charge in [-0.1, -0.05) is 46.9 Å². The molecular formula is C17H9Cl3F2N2. The largest absolute Gasteiger partial charge is 0.206 e. The molecular weight excluding hydrogens is 377 g/mol. The van der Waals surface area contributed by atoms with Crippen LogP contribution in [0.4, 0.5) is 8.78 Å². The molecule has 2 aromatic carbocycles. The average Bonchev–Trinajstić information content (AvgIpc) is 2.56. The van der Waals surface area contributed by atoms with Crippen molar-refractivity contribution >= 4 is 34.8 Å².